The summed E-state index contributed by atoms with van der Waals surface area (Å²) in [5.41, 5.74) is 6.45. The van der Waals surface area contributed by atoms with Crippen LogP contribution in [0.3, 0.4) is 0 Å². The second kappa shape index (κ2) is 6.76. The molecule has 16 heavy (non-hydrogen) atoms. The Bertz CT molecular complexity index is 333. The van der Waals surface area contributed by atoms with Gasteiger partial charge in [-0.05, 0) is 30.7 Å². The predicted molar refractivity (Wildman–Crippen MR) is 67.4 cm³/mol. The standard InChI is InChI=1S/C12H18FNOS/c1-9(5-6-14)16-8-10-3-4-12(15-2)11(13)7-10/h3-4,7,9H,5-6,8,14H2,1-2H3. The number of methoxy groups -OCH3 is 1. The largest absolute Gasteiger partial charge is 0.494 e. The van der Waals surface area contributed by atoms with Gasteiger partial charge in [0, 0.05) is 11.0 Å². The number of benzene rings is 1. The van der Waals surface area contributed by atoms with E-state index >= 15 is 0 Å². The lowest BCUT2D eigenvalue weighted by molar-refractivity contribution is 0.386. The van der Waals surface area contributed by atoms with Crippen molar-refractivity contribution in [1.29, 1.82) is 0 Å². The van der Waals surface area contributed by atoms with Gasteiger partial charge in [-0.3, -0.25) is 0 Å². The SMILES string of the molecule is COc1ccc(CSC(C)CCN)cc1F. The van der Waals surface area contributed by atoms with Gasteiger partial charge in [-0.15, -0.1) is 0 Å². The van der Waals surface area contributed by atoms with Crippen LogP contribution >= 0.6 is 11.8 Å². The van der Waals surface area contributed by atoms with Crippen molar-refractivity contribution in [2.24, 2.45) is 5.73 Å². The quantitative estimate of drug-likeness (QED) is 0.834. The molecule has 1 aromatic carbocycles. The van der Waals surface area contributed by atoms with Gasteiger partial charge in [-0.2, -0.15) is 11.8 Å². The van der Waals surface area contributed by atoms with E-state index in [1.807, 2.05) is 6.07 Å². The van der Waals surface area contributed by atoms with Crippen molar-refractivity contribution < 1.29 is 9.13 Å². The Balaban J connectivity index is 2.51. The summed E-state index contributed by atoms with van der Waals surface area (Å²) in [5, 5.41) is 0.509. The average molecular weight is 243 g/mol. The summed E-state index contributed by atoms with van der Waals surface area (Å²) in [6.45, 7) is 2.84. The fraction of sp³-hybridized carbons (Fsp3) is 0.500. The zero-order chi connectivity index (χ0) is 12.0. The molecule has 2 nitrogen and oxygen atoms in total. The number of rotatable bonds is 6. The van der Waals surface area contributed by atoms with E-state index in [2.05, 4.69) is 6.92 Å². The minimum atomic E-state index is -0.299. The highest BCUT2D eigenvalue weighted by Gasteiger charge is 2.05. The Morgan fingerprint density at radius 3 is 2.81 bits per heavy atom. The van der Waals surface area contributed by atoms with Gasteiger partial charge in [0.25, 0.3) is 0 Å². The zero-order valence-corrected chi connectivity index (χ0v) is 10.5. The normalized spacial score (nSPS) is 12.5. The number of thioether (sulfide) groups is 1. The molecular weight excluding hydrogens is 225 g/mol. The number of hydrogen-bond acceptors (Lipinski definition) is 3. The van der Waals surface area contributed by atoms with Crippen molar-refractivity contribution >= 4 is 11.8 Å². The van der Waals surface area contributed by atoms with E-state index in [1.165, 1.54) is 13.2 Å². The molecule has 1 aromatic rings. The molecule has 0 heterocycles. The highest BCUT2D eigenvalue weighted by Crippen LogP contribution is 2.23. The van der Waals surface area contributed by atoms with Crippen molar-refractivity contribution in [1.82, 2.24) is 0 Å². The Kier molecular flexibility index (Phi) is 5.63. The first-order chi connectivity index (χ1) is 7.67. The fourth-order valence-electron chi connectivity index (χ4n) is 1.36. The lowest BCUT2D eigenvalue weighted by Crippen LogP contribution is -2.07. The smallest absolute Gasteiger partial charge is 0.165 e. The van der Waals surface area contributed by atoms with Gasteiger partial charge >= 0.3 is 0 Å². The molecule has 0 aliphatic heterocycles. The van der Waals surface area contributed by atoms with Crippen LogP contribution in [0.1, 0.15) is 18.9 Å². The van der Waals surface area contributed by atoms with E-state index in [9.17, 15) is 4.39 Å². The van der Waals surface area contributed by atoms with Crippen molar-refractivity contribution in [3.8, 4) is 5.75 Å². The number of halogens is 1. The molecule has 1 unspecified atom stereocenters. The van der Waals surface area contributed by atoms with Crippen LogP contribution in [0.2, 0.25) is 0 Å². The summed E-state index contributed by atoms with van der Waals surface area (Å²) in [7, 11) is 1.47. The lowest BCUT2D eigenvalue weighted by Gasteiger charge is -2.10. The van der Waals surface area contributed by atoms with Gasteiger partial charge in [0.05, 0.1) is 7.11 Å². The molecule has 0 spiro atoms. The fourth-order valence-corrected chi connectivity index (χ4v) is 2.32. The Labute approximate surface area is 100 Å². The molecule has 4 heteroatoms. The average Bonchev–Trinajstić information content (AvgIpc) is 2.27. The summed E-state index contributed by atoms with van der Waals surface area (Å²) in [6.07, 6.45) is 0.989. The maximum absolute atomic E-state index is 13.4. The molecule has 0 aliphatic rings. The molecule has 2 N–H and O–H groups in total. The van der Waals surface area contributed by atoms with Crippen LogP contribution < -0.4 is 10.5 Å². The van der Waals surface area contributed by atoms with E-state index in [1.54, 1.807) is 17.8 Å². The van der Waals surface area contributed by atoms with Crippen molar-refractivity contribution in [2.45, 2.75) is 24.3 Å². The maximum Gasteiger partial charge on any atom is 0.165 e. The van der Waals surface area contributed by atoms with Gasteiger partial charge in [0.15, 0.2) is 11.6 Å². The molecule has 90 valence electrons. The molecule has 0 aliphatic carbocycles. The molecule has 1 rings (SSSR count). The molecule has 0 bridgehead atoms. The number of nitrogens with two attached hydrogens (primary N) is 1. The van der Waals surface area contributed by atoms with Crippen LogP contribution in [0.4, 0.5) is 4.39 Å². The summed E-state index contributed by atoms with van der Waals surface area (Å²) >= 11 is 1.79. The van der Waals surface area contributed by atoms with Gasteiger partial charge in [0.1, 0.15) is 0 Å². The van der Waals surface area contributed by atoms with E-state index in [0.29, 0.717) is 17.5 Å². The molecule has 0 aromatic heterocycles. The second-order valence-electron chi connectivity index (χ2n) is 3.67. The molecule has 0 radical (unpaired) electrons. The molecule has 0 amide bonds. The topological polar surface area (TPSA) is 35.2 Å². The zero-order valence-electron chi connectivity index (χ0n) is 9.70. The molecular formula is C12H18FNOS. The second-order valence-corrected chi connectivity index (χ2v) is 5.09. The van der Waals surface area contributed by atoms with Crippen LogP contribution in [0.25, 0.3) is 0 Å². The van der Waals surface area contributed by atoms with Gasteiger partial charge < -0.3 is 10.5 Å². The van der Waals surface area contributed by atoms with Crippen molar-refractivity contribution in [3.05, 3.63) is 29.6 Å². The molecule has 0 saturated heterocycles. The van der Waals surface area contributed by atoms with Crippen molar-refractivity contribution in [3.63, 3.8) is 0 Å². The monoisotopic (exact) mass is 243 g/mol. The lowest BCUT2D eigenvalue weighted by atomic mass is 10.2. The Morgan fingerprint density at radius 2 is 2.25 bits per heavy atom. The van der Waals surface area contributed by atoms with Crippen LogP contribution in [-0.4, -0.2) is 18.9 Å². The molecule has 1 atom stereocenters. The first-order valence-corrected chi connectivity index (χ1v) is 6.36. The minimum absolute atomic E-state index is 0.295. The van der Waals surface area contributed by atoms with E-state index in [-0.39, 0.29) is 5.82 Å². The molecule has 0 saturated carbocycles. The predicted octanol–water partition coefficient (Wildman–Crippen LogP) is 2.80. The Morgan fingerprint density at radius 1 is 1.50 bits per heavy atom. The first kappa shape index (κ1) is 13.3. The Hall–Kier alpha value is -0.740. The molecule has 0 fully saturated rings. The van der Waals surface area contributed by atoms with Crippen LogP contribution in [-0.2, 0) is 5.75 Å². The third kappa shape index (κ3) is 4.02. The summed E-state index contributed by atoms with van der Waals surface area (Å²) < 4.78 is 18.2. The summed E-state index contributed by atoms with van der Waals surface area (Å²) in [5.74, 6) is 0.804. The van der Waals surface area contributed by atoms with Crippen LogP contribution in [0.5, 0.6) is 5.75 Å². The number of hydrogen-bond donors (Lipinski definition) is 1. The first-order valence-electron chi connectivity index (χ1n) is 5.31. The summed E-state index contributed by atoms with van der Waals surface area (Å²) in [4.78, 5) is 0. The maximum atomic E-state index is 13.4. The van der Waals surface area contributed by atoms with Crippen LogP contribution in [0.15, 0.2) is 18.2 Å². The third-order valence-corrected chi connectivity index (χ3v) is 3.63. The third-order valence-electron chi connectivity index (χ3n) is 2.32. The van der Waals surface area contributed by atoms with Gasteiger partial charge in [0.2, 0.25) is 0 Å². The summed E-state index contributed by atoms with van der Waals surface area (Å²) in [6, 6.07) is 5.09. The van der Waals surface area contributed by atoms with E-state index in [4.69, 9.17) is 10.5 Å². The van der Waals surface area contributed by atoms with E-state index < -0.39 is 0 Å². The number of ether oxygens (including phenoxy) is 1. The highest BCUT2D eigenvalue weighted by atomic mass is 32.2. The minimum Gasteiger partial charge on any atom is -0.494 e. The van der Waals surface area contributed by atoms with Crippen molar-refractivity contribution in [2.75, 3.05) is 13.7 Å². The van der Waals surface area contributed by atoms with Gasteiger partial charge in [-0.1, -0.05) is 13.0 Å². The van der Waals surface area contributed by atoms with Gasteiger partial charge in [-0.25, -0.2) is 4.39 Å². The highest BCUT2D eigenvalue weighted by molar-refractivity contribution is 7.99. The van der Waals surface area contributed by atoms with Crippen LogP contribution in [0, 0.1) is 5.82 Å². The van der Waals surface area contributed by atoms with E-state index in [0.717, 1.165) is 17.7 Å².